The number of rotatable bonds is 3. The molecule has 0 unspecified atom stereocenters. The average molecular weight is 313 g/mol. The minimum absolute atomic E-state index is 0.124. The zero-order valence-electron chi connectivity index (χ0n) is 12.3. The van der Waals surface area contributed by atoms with Gasteiger partial charge in [-0.1, -0.05) is 0 Å². The Balaban J connectivity index is 1.86. The average Bonchev–Trinajstić information content (AvgIpc) is 3.28. The van der Waals surface area contributed by atoms with Crippen LogP contribution in [0, 0.1) is 5.82 Å². The summed E-state index contributed by atoms with van der Waals surface area (Å²) < 4.78 is 17.4. The molecule has 1 aromatic carbocycles. The fourth-order valence-corrected chi connectivity index (χ4v) is 3.02. The molecule has 0 bridgehead atoms. The first-order valence-corrected chi connectivity index (χ1v) is 7.45. The maximum absolute atomic E-state index is 13.8. The number of benzene rings is 1. The molecule has 0 amide bonds. The molecule has 2 aromatic heterocycles. The van der Waals surface area contributed by atoms with Crippen LogP contribution in [-0.2, 0) is 0 Å². The van der Waals surface area contributed by atoms with Gasteiger partial charge in [-0.05, 0) is 24.3 Å². The van der Waals surface area contributed by atoms with Gasteiger partial charge in [0.05, 0.1) is 17.8 Å². The van der Waals surface area contributed by atoms with E-state index in [-0.39, 0.29) is 11.9 Å². The number of nitrogens with zero attached hydrogens (tertiary/aromatic N) is 4. The molecule has 118 valence electrons. The second-order valence-electron chi connectivity index (χ2n) is 5.56. The molecule has 0 radical (unpaired) electrons. The van der Waals surface area contributed by atoms with Crippen molar-refractivity contribution in [3.8, 4) is 17.1 Å². The number of hydrogen-bond donors (Lipinski definition) is 2. The minimum Gasteiger partial charge on any atom is -0.390 e. The molecule has 2 N–H and O–H groups in total. The van der Waals surface area contributed by atoms with Gasteiger partial charge in [0.25, 0.3) is 0 Å². The van der Waals surface area contributed by atoms with Crippen molar-refractivity contribution in [2.24, 2.45) is 0 Å². The van der Waals surface area contributed by atoms with Crippen LogP contribution in [0.3, 0.4) is 0 Å². The van der Waals surface area contributed by atoms with Crippen molar-refractivity contribution in [1.29, 1.82) is 0 Å². The van der Waals surface area contributed by atoms with E-state index in [2.05, 4.69) is 15.4 Å². The van der Waals surface area contributed by atoms with Gasteiger partial charge in [0.15, 0.2) is 0 Å². The first-order valence-electron chi connectivity index (χ1n) is 7.45. The lowest BCUT2D eigenvalue weighted by molar-refractivity contribution is 0.151. The van der Waals surface area contributed by atoms with E-state index in [4.69, 9.17) is 0 Å². The molecule has 6 nitrogen and oxygen atoms in total. The van der Waals surface area contributed by atoms with Crippen LogP contribution >= 0.6 is 0 Å². The highest BCUT2D eigenvalue weighted by atomic mass is 19.1. The monoisotopic (exact) mass is 313 g/mol. The third kappa shape index (κ3) is 2.43. The first kappa shape index (κ1) is 14.1. The van der Waals surface area contributed by atoms with Crippen molar-refractivity contribution in [3.63, 3.8) is 0 Å². The topological polar surface area (TPSA) is 67.9 Å². The summed E-state index contributed by atoms with van der Waals surface area (Å²) in [6.07, 6.45) is 6.46. The summed E-state index contributed by atoms with van der Waals surface area (Å²) in [5, 5.41) is 17.5. The Morgan fingerprint density at radius 1 is 1.22 bits per heavy atom. The van der Waals surface area contributed by atoms with E-state index >= 15 is 0 Å². The van der Waals surface area contributed by atoms with Crippen molar-refractivity contribution in [2.45, 2.75) is 12.1 Å². The van der Waals surface area contributed by atoms with Gasteiger partial charge in [0, 0.05) is 43.4 Å². The highest BCUT2D eigenvalue weighted by molar-refractivity contribution is 5.68. The second-order valence-corrected chi connectivity index (χ2v) is 5.56. The number of hydrogen-bond acceptors (Lipinski definition) is 4. The summed E-state index contributed by atoms with van der Waals surface area (Å²) >= 11 is 0. The second kappa shape index (κ2) is 5.60. The van der Waals surface area contributed by atoms with Crippen molar-refractivity contribution in [3.05, 3.63) is 54.9 Å². The van der Waals surface area contributed by atoms with Gasteiger partial charge in [-0.3, -0.25) is 0 Å². The lowest BCUT2D eigenvalue weighted by Crippen LogP contribution is -2.22. The van der Waals surface area contributed by atoms with Gasteiger partial charge in [-0.25, -0.2) is 14.1 Å². The lowest BCUT2D eigenvalue weighted by Gasteiger charge is -2.19. The Kier molecular flexibility index (Phi) is 3.44. The van der Waals surface area contributed by atoms with E-state index in [1.807, 2.05) is 16.8 Å². The molecule has 1 aliphatic heterocycles. The molecule has 7 heteroatoms. The molecule has 23 heavy (non-hydrogen) atoms. The van der Waals surface area contributed by atoms with Crippen LogP contribution < -0.4 is 5.32 Å². The largest absolute Gasteiger partial charge is 0.390 e. The van der Waals surface area contributed by atoms with Crippen LogP contribution in [0.5, 0.6) is 0 Å². The number of nitrogens with one attached hydrogen (secondary N) is 1. The number of aromatic nitrogens is 4. The summed E-state index contributed by atoms with van der Waals surface area (Å²) in [6, 6.07) is 6.22. The Morgan fingerprint density at radius 2 is 2.13 bits per heavy atom. The molecule has 3 aromatic rings. The molecule has 1 fully saturated rings. The van der Waals surface area contributed by atoms with Gasteiger partial charge in [-0.2, -0.15) is 5.10 Å². The molecule has 0 spiro atoms. The van der Waals surface area contributed by atoms with Crippen LogP contribution in [0.4, 0.5) is 4.39 Å². The lowest BCUT2D eigenvalue weighted by atomic mass is 10.1. The van der Waals surface area contributed by atoms with E-state index < -0.39 is 6.10 Å². The minimum atomic E-state index is -0.496. The maximum atomic E-state index is 13.8. The van der Waals surface area contributed by atoms with Crippen molar-refractivity contribution >= 4 is 0 Å². The van der Waals surface area contributed by atoms with E-state index in [1.54, 1.807) is 29.3 Å². The molecule has 3 heterocycles. The number of halogens is 1. The van der Waals surface area contributed by atoms with Crippen LogP contribution in [0.1, 0.15) is 6.04 Å². The Hall–Kier alpha value is -2.51. The van der Waals surface area contributed by atoms with Gasteiger partial charge in [0.1, 0.15) is 11.6 Å². The van der Waals surface area contributed by atoms with Crippen molar-refractivity contribution in [2.75, 3.05) is 13.1 Å². The quantitative estimate of drug-likeness (QED) is 0.766. The fourth-order valence-electron chi connectivity index (χ4n) is 3.02. The Labute approximate surface area is 132 Å². The van der Waals surface area contributed by atoms with Crippen LogP contribution in [0.2, 0.25) is 0 Å². The molecular weight excluding hydrogens is 297 g/mol. The SMILES string of the molecule is O[C@H]1CNC[C@@H]1n1ccnc1-c1cc(F)ccc1-n1cccn1. The van der Waals surface area contributed by atoms with E-state index in [0.717, 1.165) is 5.69 Å². The predicted octanol–water partition coefficient (Wildman–Crippen LogP) is 1.38. The molecule has 2 atom stereocenters. The third-order valence-electron chi connectivity index (χ3n) is 4.13. The van der Waals surface area contributed by atoms with Crippen molar-refractivity contribution in [1.82, 2.24) is 24.6 Å². The normalized spacial score (nSPS) is 21.0. The molecule has 1 saturated heterocycles. The van der Waals surface area contributed by atoms with E-state index in [0.29, 0.717) is 24.5 Å². The van der Waals surface area contributed by atoms with Crippen molar-refractivity contribution < 1.29 is 9.50 Å². The number of imidazole rings is 1. The Morgan fingerprint density at radius 3 is 2.87 bits per heavy atom. The van der Waals surface area contributed by atoms with E-state index in [9.17, 15) is 9.50 Å². The molecule has 1 aliphatic rings. The van der Waals surface area contributed by atoms with Crippen LogP contribution in [-0.4, -0.2) is 43.6 Å². The highest BCUT2D eigenvalue weighted by Crippen LogP contribution is 2.29. The number of aliphatic hydroxyl groups excluding tert-OH is 1. The molecule has 4 rings (SSSR count). The van der Waals surface area contributed by atoms with E-state index in [1.165, 1.54) is 12.1 Å². The number of aliphatic hydroxyl groups is 1. The summed E-state index contributed by atoms with van der Waals surface area (Å²) in [4.78, 5) is 4.39. The van der Waals surface area contributed by atoms with Gasteiger partial charge in [-0.15, -0.1) is 0 Å². The summed E-state index contributed by atoms with van der Waals surface area (Å²) in [5.74, 6) is 0.276. The summed E-state index contributed by atoms with van der Waals surface area (Å²) in [6.45, 7) is 1.19. The summed E-state index contributed by atoms with van der Waals surface area (Å²) in [7, 11) is 0. The zero-order chi connectivity index (χ0) is 15.8. The van der Waals surface area contributed by atoms with Gasteiger partial charge in [0.2, 0.25) is 0 Å². The van der Waals surface area contributed by atoms with Gasteiger partial charge >= 0.3 is 0 Å². The Bertz CT molecular complexity index is 814. The van der Waals surface area contributed by atoms with Gasteiger partial charge < -0.3 is 15.0 Å². The van der Waals surface area contributed by atoms with Crippen LogP contribution in [0.15, 0.2) is 49.1 Å². The zero-order valence-corrected chi connectivity index (χ0v) is 12.3. The molecule has 0 aliphatic carbocycles. The highest BCUT2D eigenvalue weighted by Gasteiger charge is 2.29. The van der Waals surface area contributed by atoms with Crippen LogP contribution in [0.25, 0.3) is 17.1 Å². The first-order chi connectivity index (χ1) is 11.2. The molecular formula is C16H16FN5O. The number of β-amino-alcohol motifs (C(OH)–C–C–N with tert-alkyl or cyclic N) is 1. The predicted molar refractivity (Wildman–Crippen MR) is 82.7 cm³/mol. The summed E-state index contributed by atoms with van der Waals surface area (Å²) in [5.41, 5.74) is 1.38. The third-order valence-corrected chi connectivity index (χ3v) is 4.13. The smallest absolute Gasteiger partial charge is 0.142 e. The maximum Gasteiger partial charge on any atom is 0.142 e. The standard InChI is InChI=1S/C16H16FN5O/c17-11-2-3-13(22-6-1-4-20-22)12(8-11)16-19-5-7-21(16)14-9-18-10-15(14)23/h1-8,14-15,18,23H,9-10H2/t14-,15-/m0/s1. The molecule has 0 saturated carbocycles. The fraction of sp³-hybridized carbons (Fsp3) is 0.250.